The van der Waals surface area contributed by atoms with Gasteiger partial charge in [-0.05, 0) is 37.6 Å². The zero-order valence-corrected chi connectivity index (χ0v) is 20.2. The third kappa shape index (κ3) is 6.95. The molecule has 1 amide bonds. The van der Waals surface area contributed by atoms with Crippen molar-refractivity contribution in [3.05, 3.63) is 28.3 Å². The fourth-order valence-corrected chi connectivity index (χ4v) is 5.08. The number of nitrogens with zero attached hydrogens (tertiary/aromatic N) is 3. The first-order valence-electron chi connectivity index (χ1n) is 10.8. The maximum atomic E-state index is 13.3. The van der Waals surface area contributed by atoms with E-state index in [9.17, 15) is 30.9 Å². The number of nitrogen functional groups attached to an aromatic ring is 1. The van der Waals surface area contributed by atoms with Gasteiger partial charge < -0.3 is 15.5 Å². The molecular formula is C20H28ClF3N4O5S. The van der Waals surface area contributed by atoms with Crippen LogP contribution in [0.3, 0.4) is 0 Å². The molecule has 0 aliphatic carbocycles. The molecular weight excluding hydrogens is 501 g/mol. The number of piperidine rings is 1. The molecule has 0 spiro atoms. The van der Waals surface area contributed by atoms with Gasteiger partial charge in [0.2, 0.25) is 0 Å². The van der Waals surface area contributed by atoms with E-state index in [1.54, 1.807) is 0 Å². The lowest BCUT2D eigenvalue weighted by Gasteiger charge is -2.42. The second kappa shape index (κ2) is 10.5. The van der Waals surface area contributed by atoms with Gasteiger partial charge in [0.1, 0.15) is 0 Å². The van der Waals surface area contributed by atoms with Crippen LogP contribution < -0.4 is 5.73 Å². The molecule has 2 fully saturated rings. The predicted molar refractivity (Wildman–Crippen MR) is 120 cm³/mol. The number of hydrogen-bond donors (Lipinski definition) is 2. The van der Waals surface area contributed by atoms with Gasteiger partial charge in [-0.15, -0.1) is 0 Å². The van der Waals surface area contributed by atoms with Crippen LogP contribution in [0.4, 0.5) is 18.9 Å². The molecule has 3 N–H and O–H groups in total. The van der Waals surface area contributed by atoms with Crippen LogP contribution in [0, 0.1) is 0 Å². The predicted octanol–water partition coefficient (Wildman–Crippen LogP) is 1.91. The Labute approximate surface area is 201 Å². The number of carbonyl (C=O) groups excluding carboxylic acids is 1. The van der Waals surface area contributed by atoms with Gasteiger partial charge in [0.15, 0.2) is 6.10 Å². The highest BCUT2D eigenvalue weighted by molar-refractivity contribution is 7.80. The van der Waals surface area contributed by atoms with E-state index in [1.165, 1.54) is 4.90 Å². The maximum absolute atomic E-state index is 13.3. The minimum Gasteiger partial charge on any atom is -0.397 e. The van der Waals surface area contributed by atoms with Crippen molar-refractivity contribution in [2.24, 2.45) is 0 Å². The van der Waals surface area contributed by atoms with E-state index >= 15 is 0 Å². The fourth-order valence-electron chi connectivity index (χ4n) is 4.39. The Morgan fingerprint density at radius 3 is 2.32 bits per heavy atom. The van der Waals surface area contributed by atoms with Crippen LogP contribution in [-0.2, 0) is 32.0 Å². The smallest absolute Gasteiger partial charge is 0.397 e. The summed E-state index contributed by atoms with van der Waals surface area (Å²) in [6.45, 7) is 4.40. The largest absolute Gasteiger partial charge is 0.418 e. The summed E-state index contributed by atoms with van der Waals surface area (Å²) in [6, 6.07) is 2.08. The third-order valence-corrected chi connectivity index (χ3v) is 7.05. The molecule has 0 bridgehead atoms. The highest BCUT2D eigenvalue weighted by Crippen LogP contribution is 2.38. The Hall–Kier alpha value is -1.64. The number of likely N-dealkylation sites (N-methyl/N-ethyl adjacent to an activating group) is 1. The van der Waals surface area contributed by atoms with E-state index < -0.39 is 51.3 Å². The summed E-state index contributed by atoms with van der Waals surface area (Å²) in [7, 11) is -3.00. The van der Waals surface area contributed by atoms with Crippen LogP contribution in [0.25, 0.3) is 0 Å². The molecule has 1 aromatic rings. The second-order valence-electron chi connectivity index (χ2n) is 8.65. The number of alkyl halides is 3. The van der Waals surface area contributed by atoms with Gasteiger partial charge in [0.25, 0.3) is 5.91 Å². The van der Waals surface area contributed by atoms with E-state index in [1.807, 2.05) is 0 Å². The molecule has 192 valence electrons. The number of halogens is 4. The van der Waals surface area contributed by atoms with Crippen LogP contribution in [0.15, 0.2) is 12.1 Å². The number of rotatable bonds is 6. The number of benzene rings is 1. The normalized spacial score (nSPS) is 20.5. The number of likely N-dealkylation sites (tertiary alicyclic amines) is 1. The average Bonchev–Trinajstić information content (AvgIpc) is 2.74. The number of nitrogens with two attached hydrogens (primary N) is 1. The van der Waals surface area contributed by atoms with Crippen molar-refractivity contribution in [1.82, 2.24) is 14.7 Å². The summed E-state index contributed by atoms with van der Waals surface area (Å²) >= 11 is 5.83. The van der Waals surface area contributed by atoms with Crippen molar-refractivity contribution in [2.75, 3.05) is 52.0 Å². The molecule has 34 heavy (non-hydrogen) atoms. The Morgan fingerprint density at radius 1 is 1.21 bits per heavy atom. The Kier molecular flexibility index (Phi) is 8.36. The number of hydrogen-bond acceptors (Lipinski definition) is 7. The zero-order chi connectivity index (χ0) is 25.3. The first kappa shape index (κ1) is 27.0. The molecule has 1 atom stereocenters. The van der Waals surface area contributed by atoms with Gasteiger partial charge in [-0.25, -0.2) is 4.18 Å². The van der Waals surface area contributed by atoms with Crippen molar-refractivity contribution in [3.8, 4) is 0 Å². The molecule has 14 heteroatoms. The van der Waals surface area contributed by atoms with Crippen molar-refractivity contribution in [2.45, 2.75) is 37.6 Å². The number of piperazine rings is 1. The minimum absolute atomic E-state index is 0.110. The van der Waals surface area contributed by atoms with Crippen LogP contribution in [0.2, 0.25) is 5.02 Å². The number of anilines is 1. The Morgan fingerprint density at radius 2 is 1.79 bits per heavy atom. The van der Waals surface area contributed by atoms with Crippen molar-refractivity contribution in [3.63, 3.8) is 0 Å². The molecule has 0 aromatic heterocycles. The third-order valence-electron chi connectivity index (χ3n) is 6.26. The van der Waals surface area contributed by atoms with Gasteiger partial charge in [-0.3, -0.25) is 14.2 Å². The topological polar surface area (TPSA) is 116 Å². The van der Waals surface area contributed by atoms with Crippen LogP contribution in [-0.4, -0.2) is 92.0 Å². The molecule has 3 rings (SSSR count). The average molecular weight is 529 g/mol. The van der Waals surface area contributed by atoms with Crippen LogP contribution >= 0.6 is 11.6 Å². The van der Waals surface area contributed by atoms with E-state index in [-0.39, 0.29) is 11.6 Å². The molecule has 0 saturated carbocycles. The number of carbonyl (C=O) groups is 1. The maximum Gasteiger partial charge on any atom is 0.418 e. The quantitative estimate of drug-likeness (QED) is 0.425. The SMILES string of the molecule is CN1CCN(C2CCN(C(=O)[C@@H](Cc3cc(Cl)c(N)c(C(F)(F)F)c3)OS(=O)(=O)O)CC2)CC1. The minimum atomic E-state index is -5.06. The van der Waals surface area contributed by atoms with E-state index in [4.69, 9.17) is 17.3 Å². The molecule has 2 heterocycles. The van der Waals surface area contributed by atoms with Gasteiger partial charge in [0.05, 0.1) is 16.3 Å². The van der Waals surface area contributed by atoms with Gasteiger partial charge in [-0.2, -0.15) is 21.6 Å². The zero-order valence-electron chi connectivity index (χ0n) is 18.6. The fraction of sp³-hybridized carbons (Fsp3) is 0.650. The lowest BCUT2D eigenvalue weighted by molar-refractivity contribution is -0.140. The van der Waals surface area contributed by atoms with Gasteiger partial charge in [-0.1, -0.05) is 11.6 Å². The lowest BCUT2D eigenvalue weighted by Crippen LogP contribution is -2.54. The number of amides is 1. The summed E-state index contributed by atoms with van der Waals surface area (Å²) in [5, 5.41) is -0.393. The standard InChI is InChI=1S/C20H28ClF3N4O5S/c1-26-6-8-27(9-7-26)14-2-4-28(5-3-14)19(29)17(33-34(30,31)32)12-13-10-15(20(22,23)24)18(25)16(21)11-13/h10-11,14,17H,2-9,12,25H2,1H3,(H,30,31,32)/t17-/m1/s1. The summed E-state index contributed by atoms with van der Waals surface area (Å²) in [6.07, 6.45) is -5.78. The molecule has 9 nitrogen and oxygen atoms in total. The van der Waals surface area contributed by atoms with E-state index in [2.05, 4.69) is 21.0 Å². The molecule has 2 aliphatic rings. The highest BCUT2D eigenvalue weighted by Gasteiger charge is 2.37. The van der Waals surface area contributed by atoms with Crippen LogP contribution in [0.1, 0.15) is 24.0 Å². The van der Waals surface area contributed by atoms with E-state index in [0.29, 0.717) is 32.0 Å². The molecule has 0 radical (unpaired) electrons. The van der Waals surface area contributed by atoms with E-state index in [0.717, 1.165) is 32.2 Å². The molecule has 2 saturated heterocycles. The van der Waals surface area contributed by atoms with Crippen molar-refractivity contribution >= 4 is 33.6 Å². The summed E-state index contributed by atoms with van der Waals surface area (Å²) < 4.78 is 76.4. The highest BCUT2D eigenvalue weighted by atomic mass is 35.5. The Balaban J connectivity index is 1.73. The van der Waals surface area contributed by atoms with Gasteiger partial charge in [0, 0.05) is 51.7 Å². The second-order valence-corrected chi connectivity index (χ2v) is 10.1. The first-order chi connectivity index (χ1) is 15.7. The molecule has 2 aliphatic heterocycles. The molecule has 0 unspecified atom stereocenters. The summed E-state index contributed by atoms with van der Waals surface area (Å²) in [5.41, 5.74) is 3.43. The summed E-state index contributed by atoms with van der Waals surface area (Å²) in [5.74, 6) is -0.740. The monoisotopic (exact) mass is 528 g/mol. The van der Waals surface area contributed by atoms with Crippen molar-refractivity contribution < 1.29 is 35.1 Å². The van der Waals surface area contributed by atoms with Crippen molar-refractivity contribution in [1.29, 1.82) is 0 Å². The van der Waals surface area contributed by atoms with Crippen LogP contribution in [0.5, 0.6) is 0 Å². The molecule has 1 aromatic carbocycles. The summed E-state index contributed by atoms with van der Waals surface area (Å²) in [4.78, 5) is 19.1. The first-order valence-corrected chi connectivity index (χ1v) is 12.5. The van der Waals surface area contributed by atoms with Gasteiger partial charge >= 0.3 is 16.6 Å². The Bertz CT molecular complexity index is 995. The lowest BCUT2D eigenvalue weighted by atomic mass is 9.99.